The fraction of sp³-hybridized carbons (Fsp3) is 0.417. The molecule has 1 saturated carbocycles. The molecule has 0 spiro atoms. The molecule has 0 aliphatic heterocycles. The van der Waals surface area contributed by atoms with E-state index in [2.05, 4.69) is 5.32 Å². The second kappa shape index (κ2) is 8.68. The van der Waals surface area contributed by atoms with Gasteiger partial charge in [-0.2, -0.15) is 0 Å². The Bertz CT molecular complexity index is 985. The van der Waals surface area contributed by atoms with Gasteiger partial charge in [-0.05, 0) is 55.7 Å². The number of carbonyl (C=O) groups is 1. The SMILES string of the molecule is COc1ccc(-c2nc3ccc(NC(=O)CCC4CCCCC4)cn3c2C)cc1. The summed E-state index contributed by atoms with van der Waals surface area (Å²) in [6.45, 7) is 2.05. The molecule has 0 unspecified atom stereocenters. The summed E-state index contributed by atoms with van der Waals surface area (Å²) in [6, 6.07) is 11.8. The fourth-order valence-electron chi connectivity index (χ4n) is 4.29. The number of aromatic nitrogens is 2. The molecule has 152 valence electrons. The van der Waals surface area contributed by atoms with E-state index >= 15 is 0 Å². The van der Waals surface area contributed by atoms with Crippen LogP contribution in [0.5, 0.6) is 5.75 Å². The summed E-state index contributed by atoms with van der Waals surface area (Å²) in [6.07, 6.45) is 10.1. The number of anilines is 1. The lowest BCUT2D eigenvalue weighted by Crippen LogP contribution is -2.15. The van der Waals surface area contributed by atoms with E-state index in [1.807, 2.05) is 53.9 Å². The van der Waals surface area contributed by atoms with Crippen molar-refractivity contribution in [3.63, 3.8) is 0 Å². The largest absolute Gasteiger partial charge is 0.497 e. The summed E-state index contributed by atoms with van der Waals surface area (Å²) in [4.78, 5) is 17.2. The van der Waals surface area contributed by atoms with Crippen molar-refractivity contribution >= 4 is 17.2 Å². The smallest absolute Gasteiger partial charge is 0.224 e. The third-order valence-electron chi connectivity index (χ3n) is 6.01. The molecule has 3 aromatic rings. The molecule has 1 amide bonds. The van der Waals surface area contributed by atoms with Crippen molar-refractivity contribution in [3.8, 4) is 17.0 Å². The van der Waals surface area contributed by atoms with Gasteiger partial charge < -0.3 is 14.5 Å². The number of hydrogen-bond donors (Lipinski definition) is 1. The summed E-state index contributed by atoms with van der Waals surface area (Å²) < 4.78 is 7.28. The average Bonchev–Trinajstić information content (AvgIpc) is 3.09. The van der Waals surface area contributed by atoms with Crippen LogP contribution in [0.4, 0.5) is 5.69 Å². The Kier molecular flexibility index (Phi) is 5.84. The number of benzene rings is 1. The van der Waals surface area contributed by atoms with E-state index in [-0.39, 0.29) is 5.91 Å². The van der Waals surface area contributed by atoms with Crippen LogP contribution in [0.15, 0.2) is 42.6 Å². The maximum atomic E-state index is 12.4. The number of nitrogens with zero attached hydrogens (tertiary/aromatic N) is 2. The Labute approximate surface area is 172 Å². The van der Waals surface area contributed by atoms with Crippen LogP contribution in [0.3, 0.4) is 0 Å². The molecule has 1 fully saturated rings. The number of methoxy groups -OCH3 is 1. The highest BCUT2D eigenvalue weighted by Gasteiger charge is 2.15. The molecule has 0 atom stereocenters. The minimum Gasteiger partial charge on any atom is -0.497 e. The molecule has 0 bridgehead atoms. The van der Waals surface area contributed by atoms with Crippen molar-refractivity contribution in [3.05, 3.63) is 48.3 Å². The first-order valence-electron chi connectivity index (χ1n) is 10.6. The van der Waals surface area contributed by atoms with Gasteiger partial charge in [0.15, 0.2) is 0 Å². The van der Waals surface area contributed by atoms with Gasteiger partial charge in [0.1, 0.15) is 11.4 Å². The zero-order chi connectivity index (χ0) is 20.2. The van der Waals surface area contributed by atoms with E-state index in [9.17, 15) is 4.79 Å². The van der Waals surface area contributed by atoms with Crippen molar-refractivity contribution in [1.82, 2.24) is 9.38 Å². The third kappa shape index (κ3) is 4.44. The number of rotatable bonds is 6. The number of carbonyl (C=O) groups excluding carboxylic acids is 1. The Morgan fingerprint density at radius 2 is 1.90 bits per heavy atom. The standard InChI is InChI=1S/C24H29N3O2/c1-17-24(19-9-12-21(29-2)13-10-19)26-22-14-11-20(16-27(17)22)25-23(28)15-8-18-6-4-3-5-7-18/h9-14,16,18H,3-8,15H2,1-2H3,(H,25,28). The van der Waals surface area contributed by atoms with E-state index in [1.54, 1.807) is 7.11 Å². The number of ether oxygens (including phenoxy) is 1. The predicted octanol–water partition coefficient (Wildman–Crippen LogP) is 5.62. The van der Waals surface area contributed by atoms with Gasteiger partial charge in [0.25, 0.3) is 0 Å². The van der Waals surface area contributed by atoms with Crippen molar-refractivity contribution in [1.29, 1.82) is 0 Å². The van der Waals surface area contributed by atoms with E-state index in [0.717, 1.165) is 46.4 Å². The van der Waals surface area contributed by atoms with Crippen molar-refractivity contribution in [2.45, 2.75) is 51.9 Å². The lowest BCUT2D eigenvalue weighted by molar-refractivity contribution is -0.116. The molecule has 1 N–H and O–H groups in total. The van der Waals surface area contributed by atoms with Crippen LogP contribution in [0, 0.1) is 12.8 Å². The molecule has 1 aliphatic carbocycles. The van der Waals surface area contributed by atoms with Gasteiger partial charge in [0, 0.05) is 23.9 Å². The first-order valence-corrected chi connectivity index (χ1v) is 10.6. The number of fused-ring (bicyclic) bond motifs is 1. The summed E-state index contributed by atoms with van der Waals surface area (Å²) in [5, 5.41) is 3.06. The van der Waals surface area contributed by atoms with Gasteiger partial charge >= 0.3 is 0 Å². The Morgan fingerprint density at radius 3 is 2.62 bits per heavy atom. The van der Waals surface area contributed by atoms with Gasteiger partial charge in [-0.15, -0.1) is 0 Å². The maximum absolute atomic E-state index is 12.4. The van der Waals surface area contributed by atoms with Crippen LogP contribution < -0.4 is 10.1 Å². The first-order chi connectivity index (χ1) is 14.1. The molecular formula is C24H29N3O2. The Balaban J connectivity index is 1.47. The second-order valence-corrected chi connectivity index (χ2v) is 8.01. The predicted molar refractivity (Wildman–Crippen MR) is 116 cm³/mol. The number of hydrogen-bond acceptors (Lipinski definition) is 3. The molecule has 4 rings (SSSR count). The van der Waals surface area contributed by atoms with Gasteiger partial charge in [-0.3, -0.25) is 4.79 Å². The van der Waals surface area contributed by atoms with Crippen LogP contribution >= 0.6 is 0 Å². The molecule has 2 aromatic heterocycles. The summed E-state index contributed by atoms with van der Waals surface area (Å²) >= 11 is 0. The highest BCUT2D eigenvalue weighted by Crippen LogP contribution is 2.28. The number of nitrogens with one attached hydrogen (secondary N) is 1. The number of amides is 1. The molecule has 1 aromatic carbocycles. The summed E-state index contributed by atoms with van der Waals surface area (Å²) in [5.74, 6) is 1.65. The average molecular weight is 392 g/mol. The van der Waals surface area contributed by atoms with Crippen LogP contribution in [0.2, 0.25) is 0 Å². The topological polar surface area (TPSA) is 55.6 Å². The highest BCUT2D eigenvalue weighted by molar-refractivity contribution is 5.90. The van der Waals surface area contributed by atoms with Gasteiger partial charge in [0.05, 0.1) is 18.5 Å². The Morgan fingerprint density at radius 1 is 1.14 bits per heavy atom. The first kappa shape index (κ1) is 19.5. The van der Waals surface area contributed by atoms with E-state index in [1.165, 1.54) is 32.1 Å². The quantitative estimate of drug-likeness (QED) is 0.593. The lowest BCUT2D eigenvalue weighted by atomic mass is 9.86. The maximum Gasteiger partial charge on any atom is 0.224 e. The fourth-order valence-corrected chi connectivity index (χ4v) is 4.29. The molecule has 5 nitrogen and oxygen atoms in total. The van der Waals surface area contributed by atoms with E-state index in [0.29, 0.717) is 6.42 Å². The number of imidazole rings is 1. The minimum atomic E-state index is 0.100. The molecule has 5 heteroatoms. The monoisotopic (exact) mass is 391 g/mol. The third-order valence-corrected chi connectivity index (χ3v) is 6.01. The van der Waals surface area contributed by atoms with E-state index in [4.69, 9.17) is 9.72 Å². The van der Waals surface area contributed by atoms with E-state index < -0.39 is 0 Å². The Hall–Kier alpha value is -2.82. The summed E-state index contributed by atoms with van der Waals surface area (Å²) in [7, 11) is 1.66. The minimum absolute atomic E-state index is 0.100. The molecule has 29 heavy (non-hydrogen) atoms. The van der Waals surface area contributed by atoms with Crippen LogP contribution in [0.25, 0.3) is 16.9 Å². The zero-order valence-electron chi connectivity index (χ0n) is 17.3. The van der Waals surface area contributed by atoms with Crippen LogP contribution in [-0.4, -0.2) is 22.4 Å². The molecule has 1 aliphatic rings. The van der Waals surface area contributed by atoms with Gasteiger partial charge in [0.2, 0.25) is 5.91 Å². The number of pyridine rings is 1. The van der Waals surface area contributed by atoms with Crippen molar-refractivity contribution < 1.29 is 9.53 Å². The molecular weight excluding hydrogens is 362 g/mol. The number of aryl methyl sites for hydroxylation is 1. The lowest BCUT2D eigenvalue weighted by Gasteiger charge is -2.21. The molecule has 2 heterocycles. The van der Waals surface area contributed by atoms with Crippen molar-refractivity contribution in [2.24, 2.45) is 5.92 Å². The highest BCUT2D eigenvalue weighted by atomic mass is 16.5. The second-order valence-electron chi connectivity index (χ2n) is 8.01. The van der Waals surface area contributed by atoms with Crippen LogP contribution in [-0.2, 0) is 4.79 Å². The molecule has 0 saturated heterocycles. The normalized spacial score (nSPS) is 14.8. The summed E-state index contributed by atoms with van der Waals surface area (Å²) in [5.41, 5.74) is 4.71. The van der Waals surface area contributed by atoms with Crippen LogP contribution in [0.1, 0.15) is 50.6 Å². The van der Waals surface area contributed by atoms with Gasteiger partial charge in [-0.25, -0.2) is 4.98 Å². The molecule has 0 radical (unpaired) electrons. The van der Waals surface area contributed by atoms with Crippen molar-refractivity contribution in [2.75, 3.05) is 12.4 Å². The zero-order valence-corrected chi connectivity index (χ0v) is 17.3. The van der Waals surface area contributed by atoms with Gasteiger partial charge in [-0.1, -0.05) is 32.1 Å².